The number of allylic oxidation sites excluding steroid dienone is 5. The molecule has 0 aromatic rings. The molecule has 0 aliphatic heterocycles. The van der Waals surface area contributed by atoms with Crippen LogP contribution in [0.3, 0.4) is 0 Å². The van der Waals surface area contributed by atoms with Crippen LogP contribution in [0.2, 0.25) is 0 Å². The van der Waals surface area contributed by atoms with Crippen LogP contribution in [-0.4, -0.2) is 43.3 Å². The van der Waals surface area contributed by atoms with E-state index in [0.29, 0.717) is 0 Å². The molecule has 0 rings (SSSR count). The molecule has 0 radical (unpaired) electrons. The first-order chi connectivity index (χ1) is 24.4. The van der Waals surface area contributed by atoms with Gasteiger partial charge in [-0.3, -0.25) is 13.8 Å². The van der Waals surface area contributed by atoms with Crippen LogP contribution in [0, 0.1) is 0 Å². The van der Waals surface area contributed by atoms with E-state index in [1.165, 1.54) is 109 Å². The van der Waals surface area contributed by atoms with E-state index in [4.69, 9.17) is 24.3 Å². The maximum Gasteiger partial charge on any atom is 0.472 e. The number of esters is 1. The molecule has 0 aromatic heterocycles. The van der Waals surface area contributed by atoms with Crippen molar-refractivity contribution in [1.82, 2.24) is 0 Å². The van der Waals surface area contributed by atoms with Crippen molar-refractivity contribution in [3.63, 3.8) is 0 Å². The van der Waals surface area contributed by atoms with Gasteiger partial charge in [-0.05, 0) is 57.4 Å². The first-order valence-corrected chi connectivity index (χ1v) is 22.0. The Kier molecular flexibility index (Phi) is 37.7. The van der Waals surface area contributed by atoms with Gasteiger partial charge in [0.2, 0.25) is 0 Å². The summed E-state index contributed by atoms with van der Waals surface area (Å²) in [5.74, 6) is -0.366. The predicted molar refractivity (Wildman–Crippen MR) is 210 cm³/mol. The minimum Gasteiger partial charge on any atom is -0.498 e. The summed E-state index contributed by atoms with van der Waals surface area (Å²) in [6.07, 6.45) is 43.9. The standard InChI is InChI=1S/C41H78NO7P/c1-3-5-7-9-11-13-15-17-19-21-23-25-27-29-31-33-36-46-38-40(39-48-50(44,45)47-37-35-42)49-41(43)34-32-30-28-26-24-22-20-18-16-14-12-10-8-6-4-2/h12,14,18,20,33,36,40H,3-11,13,15-17,19,21-32,34-35,37-39,42H2,1-2H3,(H,44,45)/b14-12+,20-18+,36-33+/t40-/m1/s1. The minimum atomic E-state index is -4.29. The molecule has 294 valence electrons. The van der Waals surface area contributed by atoms with Crippen molar-refractivity contribution in [2.24, 2.45) is 5.73 Å². The summed E-state index contributed by atoms with van der Waals surface area (Å²) >= 11 is 0. The zero-order chi connectivity index (χ0) is 36.6. The molecular weight excluding hydrogens is 649 g/mol. The Morgan fingerprint density at radius 3 is 1.62 bits per heavy atom. The van der Waals surface area contributed by atoms with Gasteiger partial charge in [-0.15, -0.1) is 0 Å². The summed E-state index contributed by atoms with van der Waals surface area (Å²) in [4.78, 5) is 22.4. The Bertz CT molecular complexity index is 864. The van der Waals surface area contributed by atoms with Crippen LogP contribution in [0.1, 0.15) is 187 Å². The first-order valence-electron chi connectivity index (χ1n) is 20.5. The van der Waals surface area contributed by atoms with Gasteiger partial charge in [-0.25, -0.2) is 4.57 Å². The smallest absolute Gasteiger partial charge is 0.472 e. The summed E-state index contributed by atoms with van der Waals surface area (Å²) in [5.41, 5.74) is 5.35. The second kappa shape index (κ2) is 38.8. The number of unbranched alkanes of at least 4 members (excludes halogenated alkanes) is 22. The van der Waals surface area contributed by atoms with E-state index in [1.54, 1.807) is 6.26 Å². The van der Waals surface area contributed by atoms with Crippen LogP contribution in [0.25, 0.3) is 0 Å². The number of ether oxygens (including phenoxy) is 2. The summed E-state index contributed by atoms with van der Waals surface area (Å²) in [6, 6.07) is 0. The van der Waals surface area contributed by atoms with Crippen molar-refractivity contribution in [3.8, 4) is 0 Å². The molecule has 0 aromatic carbocycles. The van der Waals surface area contributed by atoms with Crippen molar-refractivity contribution in [3.05, 3.63) is 36.6 Å². The van der Waals surface area contributed by atoms with E-state index < -0.39 is 13.9 Å². The lowest BCUT2D eigenvalue weighted by atomic mass is 10.0. The number of hydrogen-bond acceptors (Lipinski definition) is 7. The molecule has 50 heavy (non-hydrogen) atoms. The predicted octanol–water partition coefficient (Wildman–Crippen LogP) is 12.2. The third-order valence-corrected chi connectivity index (χ3v) is 9.61. The highest BCUT2D eigenvalue weighted by atomic mass is 31.2. The third kappa shape index (κ3) is 37.8. The molecular formula is C41H78NO7P. The van der Waals surface area contributed by atoms with Crippen LogP contribution < -0.4 is 5.73 Å². The molecule has 0 heterocycles. The van der Waals surface area contributed by atoms with Gasteiger partial charge >= 0.3 is 13.8 Å². The largest absolute Gasteiger partial charge is 0.498 e. The van der Waals surface area contributed by atoms with Gasteiger partial charge in [0, 0.05) is 13.0 Å². The number of carbonyl (C=O) groups is 1. The summed E-state index contributed by atoms with van der Waals surface area (Å²) in [6.45, 7) is 4.20. The maximum absolute atomic E-state index is 12.5. The summed E-state index contributed by atoms with van der Waals surface area (Å²) in [5, 5.41) is 0. The fourth-order valence-corrected chi connectivity index (χ4v) is 6.35. The van der Waals surface area contributed by atoms with Gasteiger partial charge in [-0.2, -0.15) is 0 Å². The zero-order valence-electron chi connectivity index (χ0n) is 32.4. The molecule has 0 bridgehead atoms. The average Bonchev–Trinajstić information content (AvgIpc) is 3.10. The van der Waals surface area contributed by atoms with Gasteiger partial charge in [0.1, 0.15) is 6.61 Å². The van der Waals surface area contributed by atoms with Gasteiger partial charge in [-0.1, -0.05) is 154 Å². The van der Waals surface area contributed by atoms with Gasteiger partial charge < -0.3 is 20.1 Å². The van der Waals surface area contributed by atoms with Crippen LogP contribution in [0.15, 0.2) is 36.6 Å². The van der Waals surface area contributed by atoms with Gasteiger partial charge in [0.25, 0.3) is 0 Å². The highest BCUT2D eigenvalue weighted by Gasteiger charge is 2.25. The summed E-state index contributed by atoms with van der Waals surface area (Å²) in [7, 11) is -4.29. The van der Waals surface area contributed by atoms with Crippen LogP contribution in [0.5, 0.6) is 0 Å². The van der Waals surface area contributed by atoms with E-state index in [9.17, 15) is 14.3 Å². The van der Waals surface area contributed by atoms with Crippen LogP contribution in [-0.2, 0) is 27.9 Å². The monoisotopic (exact) mass is 728 g/mol. The quantitative estimate of drug-likeness (QED) is 0.0211. The van der Waals surface area contributed by atoms with Crippen molar-refractivity contribution in [1.29, 1.82) is 0 Å². The Morgan fingerprint density at radius 1 is 0.620 bits per heavy atom. The first kappa shape index (κ1) is 48.6. The number of phosphoric acid groups is 1. The molecule has 9 heteroatoms. The molecule has 0 fully saturated rings. The fraction of sp³-hybridized carbons (Fsp3) is 0.829. The molecule has 0 saturated carbocycles. The lowest BCUT2D eigenvalue weighted by Gasteiger charge is -2.19. The molecule has 3 N–H and O–H groups in total. The van der Waals surface area contributed by atoms with Crippen LogP contribution in [0.4, 0.5) is 0 Å². The van der Waals surface area contributed by atoms with Crippen molar-refractivity contribution < 1.29 is 32.8 Å². The minimum absolute atomic E-state index is 0.0278. The Morgan fingerprint density at radius 2 is 1.08 bits per heavy atom. The van der Waals surface area contributed by atoms with Crippen molar-refractivity contribution >= 4 is 13.8 Å². The molecule has 0 saturated heterocycles. The second-order valence-electron chi connectivity index (χ2n) is 13.6. The Labute approximate surface area is 308 Å². The number of rotatable bonds is 39. The average molecular weight is 728 g/mol. The number of nitrogens with two attached hydrogens (primary N) is 1. The third-order valence-electron chi connectivity index (χ3n) is 8.62. The summed E-state index contributed by atoms with van der Waals surface area (Å²) < 4.78 is 33.1. The topological polar surface area (TPSA) is 117 Å². The Hall–Kier alpha value is -1.44. The highest BCUT2D eigenvalue weighted by Crippen LogP contribution is 2.43. The Balaban J connectivity index is 4.13. The molecule has 0 aliphatic rings. The van der Waals surface area contributed by atoms with E-state index in [1.807, 2.05) is 6.08 Å². The van der Waals surface area contributed by atoms with E-state index in [2.05, 4.69) is 38.2 Å². The fourth-order valence-electron chi connectivity index (χ4n) is 5.58. The normalized spacial score (nSPS) is 13.8. The van der Waals surface area contributed by atoms with E-state index >= 15 is 0 Å². The SMILES string of the molecule is CCCCC/C=C/C/C=C/CCCCCCCC(=O)O[C@H](CO/C=C/CCCCCCCCCCCCCCCC)COP(=O)(O)OCCN. The van der Waals surface area contributed by atoms with E-state index in [-0.39, 0.29) is 38.8 Å². The van der Waals surface area contributed by atoms with E-state index in [0.717, 1.165) is 57.8 Å². The molecule has 0 aliphatic carbocycles. The number of hydrogen-bond donors (Lipinski definition) is 2. The second-order valence-corrected chi connectivity index (χ2v) is 15.0. The van der Waals surface area contributed by atoms with Crippen LogP contribution >= 0.6 is 7.82 Å². The maximum atomic E-state index is 12.5. The van der Waals surface area contributed by atoms with Crippen molar-refractivity contribution in [2.75, 3.05) is 26.4 Å². The lowest BCUT2D eigenvalue weighted by Crippen LogP contribution is -2.27. The lowest BCUT2D eigenvalue weighted by molar-refractivity contribution is -0.153. The number of phosphoric ester groups is 1. The molecule has 0 amide bonds. The highest BCUT2D eigenvalue weighted by molar-refractivity contribution is 7.47. The van der Waals surface area contributed by atoms with Gasteiger partial charge in [0.15, 0.2) is 6.10 Å². The molecule has 8 nitrogen and oxygen atoms in total. The zero-order valence-corrected chi connectivity index (χ0v) is 33.3. The molecule has 0 spiro atoms. The molecule has 1 unspecified atom stereocenters. The number of carbonyl (C=O) groups excluding carboxylic acids is 1. The van der Waals surface area contributed by atoms with Crippen molar-refractivity contribution in [2.45, 2.75) is 193 Å². The molecule has 2 atom stereocenters. The van der Waals surface area contributed by atoms with Gasteiger partial charge in [0.05, 0.1) is 19.5 Å².